The number of hydrogen-bond acceptors (Lipinski definition) is 12. The second-order valence-electron chi connectivity index (χ2n) is 10.8. The smallest absolute Gasteiger partial charge is 0.337 e. The Labute approximate surface area is 298 Å². The van der Waals surface area contributed by atoms with Crippen molar-refractivity contribution in [1.29, 1.82) is 0 Å². The van der Waals surface area contributed by atoms with Crippen molar-refractivity contribution < 1.29 is 39.2 Å². The zero-order chi connectivity index (χ0) is 37.1. The van der Waals surface area contributed by atoms with E-state index in [9.17, 15) is 49.6 Å². The van der Waals surface area contributed by atoms with Crippen LogP contribution in [-0.4, -0.2) is 75.3 Å². The van der Waals surface area contributed by atoms with Crippen LogP contribution in [0, 0.1) is 20.2 Å². The van der Waals surface area contributed by atoms with Gasteiger partial charge in [0.25, 0.3) is 11.4 Å². The molecule has 6 aromatic rings. The molecule has 0 unspecified atom stereocenters. The van der Waals surface area contributed by atoms with Gasteiger partial charge in [-0.2, -0.15) is 0 Å². The number of carbonyl (C=O) groups is 4. The van der Waals surface area contributed by atoms with Crippen molar-refractivity contribution >= 4 is 92.1 Å². The summed E-state index contributed by atoms with van der Waals surface area (Å²) in [6.07, 6.45) is 0. The lowest BCUT2D eigenvalue weighted by atomic mass is 9.99. The highest BCUT2D eigenvalue weighted by Crippen LogP contribution is 2.30. The number of aromatic amines is 2. The average molecular weight is 743 g/mol. The molecule has 0 saturated carbocycles. The Morgan fingerprint density at radius 1 is 0.635 bits per heavy atom. The molecule has 4 aromatic carbocycles. The molecule has 0 aliphatic carbocycles. The largest absolute Gasteiger partial charge is 0.478 e. The first-order valence-electron chi connectivity index (χ1n) is 14.7. The maximum Gasteiger partial charge on any atom is 0.337 e. The summed E-state index contributed by atoms with van der Waals surface area (Å²) in [5.74, 6) is -4.15. The number of carboxylic acids is 2. The van der Waals surface area contributed by atoms with E-state index in [0.29, 0.717) is 43.5 Å². The number of hydrogen-bond donors (Lipinski definition) is 6. The number of non-ortho nitro benzene ring substituents is 2. The summed E-state index contributed by atoms with van der Waals surface area (Å²) in [6.45, 7) is 0. The van der Waals surface area contributed by atoms with Gasteiger partial charge in [-0.15, -0.1) is 0 Å². The number of nitro groups is 2. The monoisotopic (exact) mass is 742 g/mol. The number of nitrogens with one attached hydrogen (secondary N) is 4. The summed E-state index contributed by atoms with van der Waals surface area (Å²) >= 11 is 2.02. The normalized spacial score (nSPS) is 11.0. The minimum atomic E-state index is -1.36. The molecular weight excluding hydrogens is 721 g/mol. The van der Waals surface area contributed by atoms with Crippen LogP contribution >= 0.6 is 23.5 Å². The number of carbonyl (C=O) groups excluding carboxylic acids is 2. The van der Waals surface area contributed by atoms with Crippen LogP contribution in [0.2, 0.25) is 0 Å². The Balaban J connectivity index is 1.11. The Bertz CT molecular complexity index is 2290. The molecule has 0 radical (unpaired) electrons. The second-order valence-corrected chi connectivity index (χ2v) is 12.7. The summed E-state index contributed by atoms with van der Waals surface area (Å²) in [4.78, 5) is 85.1. The van der Waals surface area contributed by atoms with E-state index in [1.54, 1.807) is 0 Å². The number of thioether (sulfide) groups is 2. The molecule has 0 saturated heterocycles. The van der Waals surface area contributed by atoms with Crippen LogP contribution in [0.4, 0.5) is 22.7 Å². The van der Waals surface area contributed by atoms with E-state index in [0.717, 1.165) is 23.5 Å². The molecule has 0 aliphatic rings. The van der Waals surface area contributed by atoms with Crippen LogP contribution in [0.3, 0.4) is 0 Å². The predicted molar refractivity (Wildman–Crippen MR) is 190 cm³/mol. The van der Waals surface area contributed by atoms with Gasteiger partial charge in [0.2, 0.25) is 11.8 Å². The van der Waals surface area contributed by atoms with E-state index in [-0.39, 0.29) is 45.4 Å². The molecule has 2 amide bonds. The lowest BCUT2D eigenvalue weighted by Crippen LogP contribution is -2.17. The first-order chi connectivity index (χ1) is 24.8. The molecule has 0 spiro atoms. The summed E-state index contributed by atoms with van der Waals surface area (Å²) < 4.78 is 0. The molecule has 0 atom stereocenters. The number of fused-ring (bicyclic) bond motifs is 2. The molecule has 20 heteroatoms. The van der Waals surface area contributed by atoms with Crippen LogP contribution in [0.15, 0.2) is 83.1 Å². The van der Waals surface area contributed by atoms with Gasteiger partial charge in [0, 0.05) is 24.3 Å². The molecule has 6 rings (SSSR count). The molecule has 262 valence electrons. The lowest BCUT2D eigenvalue weighted by Gasteiger charge is -2.13. The number of amides is 2. The van der Waals surface area contributed by atoms with Gasteiger partial charge in [0.1, 0.15) is 0 Å². The minimum Gasteiger partial charge on any atom is -0.478 e. The number of imidazole rings is 2. The number of aromatic carboxylic acids is 2. The van der Waals surface area contributed by atoms with Crippen LogP contribution in [0.25, 0.3) is 33.2 Å². The van der Waals surface area contributed by atoms with Gasteiger partial charge in [0.15, 0.2) is 10.3 Å². The van der Waals surface area contributed by atoms with Crippen molar-refractivity contribution in [2.24, 2.45) is 0 Å². The molecule has 0 aliphatic heterocycles. The minimum absolute atomic E-state index is 0.00963. The standard InChI is InChI=1S/C32H22N8O10S2/c41-27(13-51-31-35-23-7-3-17(39(47)48)11-25(23)37-31)33-21-5-1-15(9-19(21)29(43)44)16-2-6-22(20(10-16)30(45)46)34-28(42)14-52-32-36-24-8-4-18(40(49)50)12-26(24)38-32/h1-12H,13-14H2,(H,33,41)(H,34,42)(H,35,37)(H,36,38)(H,43,44)(H,45,46). The van der Waals surface area contributed by atoms with Crippen molar-refractivity contribution in [1.82, 2.24) is 19.9 Å². The van der Waals surface area contributed by atoms with Crippen LogP contribution in [-0.2, 0) is 9.59 Å². The van der Waals surface area contributed by atoms with Gasteiger partial charge in [-0.1, -0.05) is 35.7 Å². The molecule has 52 heavy (non-hydrogen) atoms. The number of aromatic nitrogens is 4. The third-order valence-corrected chi connectivity index (χ3v) is 9.12. The van der Waals surface area contributed by atoms with Gasteiger partial charge in [0.05, 0.1) is 65.9 Å². The summed E-state index contributed by atoms with van der Waals surface area (Å²) in [7, 11) is 0. The number of carboxylic acid groups (broad SMARTS) is 2. The lowest BCUT2D eigenvalue weighted by molar-refractivity contribution is -0.384. The second kappa shape index (κ2) is 14.6. The van der Waals surface area contributed by atoms with Gasteiger partial charge < -0.3 is 30.8 Å². The Morgan fingerprint density at radius 2 is 1.04 bits per heavy atom. The van der Waals surface area contributed by atoms with Crippen molar-refractivity contribution in [3.8, 4) is 11.1 Å². The number of anilines is 2. The molecule has 2 heterocycles. The Kier molecular flexibility index (Phi) is 9.83. The predicted octanol–water partition coefficient (Wildman–Crippen LogP) is 5.78. The summed E-state index contributed by atoms with van der Waals surface area (Å²) in [5, 5.41) is 47.6. The van der Waals surface area contributed by atoms with Crippen molar-refractivity contribution in [2.45, 2.75) is 10.3 Å². The maximum atomic E-state index is 12.7. The number of H-pyrrole nitrogens is 2. The summed E-state index contributed by atoms with van der Waals surface area (Å²) in [6, 6.07) is 16.5. The molecule has 18 nitrogen and oxygen atoms in total. The highest BCUT2D eigenvalue weighted by Gasteiger charge is 2.19. The number of rotatable bonds is 13. The molecule has 2 aromatic heterocycles. The summed E-state index contributed by atoms with van der Waals surface area (Å²) in [5.41, 5.74) is 1.61. The Morgan fingerprint density at radius 3 is 1.40 bits per heavy atom. The SMILES string of the molecule is O=C(CSc1nc2ccc([N+](=O)[O-])cc2[nH]1)Nc1ccc(-c2ccc(NC(=O)CSc3nc4ccc([N+](=O)[O-])cc4[nH]3)c(C(=O)O)c2)cc1C(=O)O. The number of nitro benzene ring substituents is 2. The van der Waals surface area contributed by atoms with Crippen LogP contribution < -0.4 is 10.6 Å². The van der Waals surface area contributed by atoms with Crippen LogP contribution in [0.1, 0.15) is 20.7 Å². The van der Waals surface area contributed by atoms with Crippen molar-refractivity contribution in [3.63, 3.8) is 0 Å². The van der Waals surface area contributed by atoms with Crippen molar-refractivity contribution in [2.75, 3.05) is 22.1 Å². The molecule has 0 fully saturated rings. The van der Waals surface area contributed by atoms with Gasteiger partial charge >= 0.3 is 11.9 Å². The molecule has 6 N–H and O–H groups in total. The highest BCUT2D eigenvalue weighted by molar-refractivity contribution is 8.00. The fourth-order valence-electron chi connectivity index (χ4n) is 4.97. The number of nitrogens with zero attached hydrogens (tertiary/aromatic N) is 4. The van der Waals surface area contributed by atoms with E-state index in [4.69, 9.17) is 0 Å². The quantitative estimate of drug-likeness (QED) is 0.0465. The van der Waals surface area contributed by atoms with Gasteiger partial charge in [-0.3, -0.25) is 29.8 Å². The van der Waals surface area contributed by atoms with Crippen LogP contribution in [0.5, 0.6) is 0 Å². The molecular formula is C32H22N8O10S2. The van der Waals surface area contributed by atoms with E-state index >= 15 is 0 Å². The fraction of sp³-hybridized carbons (Fsp3) is 0.0625. The fourth-order valence-corrected chi connectivity index (χ4v) is 6.34. The average Bonchev–Trinajstić information content (AvgIpc) is 3.72. The van der Waals surface area contributed by atoms with E-state index in [1.807, 2.05) is 0 Å². The van der Waals surface area contributed by atoms with Gasteiger partial charge in [-0.25, -0.2) is 19.6 Å². The zero-order valence-corrected chi connectivity index (χ0v) is 27.7. The van der Waals surface area contributed by atoms with E-state index < -0.39 is 33.6 Å². The maximum absolute atomic E-state index is 12.7. The zero-order valence-electron chi connectivity index (χ0n) is 26.1. The van der Waals surface area contributed by atoms with Crippen molar-refractivity contribution in [3.05, 3.63) is 104 Å². The number of benzene rings is 4. The third kappa shape index (κ3) is 7.82. The third-order valence-electron chi connectivity index (χ3n) is 7.37. The first kappa shape index (κ1) is 35.0. The molecule has 0 bridgehead atoms. The van der Waals surface area contributed by atoms with E-state index in [1.165, 1.54) is 72.8 Å². The highest BCUT2D eigenvalue weighted by atomic mass is 32.2. The van der Waals surface area contributed by atoms with E-state index in [2.05, 4.69) is 30.6 Å². The van der Waals surface area contributed by atoms with Gasteiger partial charge in [-0.05, 0) is 47.5 Å². The topological polar surface area (TPSA) is 276 Å². The first-order valence-corrected chi connectivity index (χ1v) is 16.7. The Hall–Kier alpha value is -6.80.